The van der Waals surface area contributed by atoms with Gasteiger partial charge in [-0.2, -0.15) is 0 Å². The first kappa shape index (κ1) is 14.0. The van der Waals surface area contributed by atoms with Crippen LogP contribution in [-0.4, -0.2) is 18.8 Å². The molecular formula is C17H24FNO. The van der Waals surface area contributed by atoms with Crippen molar-refractivity contribution in [2.75, 3.05) is 6.61 Å². The molecule has 1 aromatic rings. The van der Waals surface area contributed by atoms with E-state index >= 15 is 0 Å². The molecule has 2 nitrogen and oxygen atoms in total. The summed E-state index contributed by atoms with van der Waals surface area (Å²) in [6.07, 6.45) is 3.25. The molecule has 1 fully saturated rings. The molecule has 0 saturated heterocycles. The predicted octanol–water partition coefficient (Wildman–Crippen LogP) is 3.61. The van der Waals surface area contributed by atoms with Crippen LogP contribution in [0.2, 0.25) is 0 Å². The number of ether oxygens (including phenoxy) is 1. The van der Waals surface area contributed by atoms with E-state index in [0.29, 0.717) is 18.2 Å². The molecular weight excluding hydrogens is 253 g/mol. The highest BCUT2D eigenvalue weighted by Crippen LogP contribution is 2.45. The molecule has 3 rings (SSSR count). The van der Waals surface area contributed by atoms with E-state index in [-0.39, 0.29) is 11.2 Å². The molecule has 1 N–H and O–H groups in total. The van der Waals surface area contributed by atoms with E-state index in [1.54, 1.807) is 6.07 Å². The number of rotatable bonds is 4. The minimum absolute atomic E-state index is 0.0492. The minimum atomic E-state index is -0.0492. The topological polar surface area (TPSA) is 21.3 Å². The summed E-state index contributed by atoms with van der Waals surface area (Å²) in [4.78, 5) is 0. The van der Waals surface area contributed by atoms with Crippen LogP contribution >= 0.6 is 0 Å². The SMILES string of the molecule is CCOC1CC(NC2CCc3c(F)cccc32)C1(C)C. The number of nitrogens with one attached hydrogen (secondary N) is 1. The van der Waals surface area contributed by atoms with Gasteiger partial charge in [0.25, 0.3) is 0 Å². The quantitative estimate of drug-likeness (QED) is 0.908. The Balaban J connectivity index is 1.69. The number of hydrogen-bond acceptors (Lipinski definition) is 2. The van der Waals surface area contributed by atoms with E-state index in [9.17, 15) is 4.39 Å². The summed E-state index contributed by atoms with van der Waals surface area (Å²) < 4.78 is 19.5. The zero-order valence-corrected chi connectivity index (χ0v) is 12.6. The van der Waals surface area contributed by atoms with E-state index < -0.39 is 0 Å². The molecule has 3 heteroatoms. The summed E-state index contributed by atoms with van der Waals surface area (Å²) in [6.45, 7) is 7.34. The minimum Gasteiger partial charge on any atom is -0.378 e. The maximum Gasteiger partial charge on any atom is 0.126 e. The average molecular weight is 277 g/mol. The van der Waals surface area contributed by atoms with E-state index in [0.717, 1.165) is 37.0 Å². The number of fused-ring (bicyclic) bond motifs is 1. The third-order valence-electron chi connectivity index (χ3n) is 5.16. The first-order valence-electron chi connectivity index (χ1n) is 7.69. The molecule has 0 spiro atoms. The monoisotopic (exact) mass is 277 g/mol. The van der Waals surface area contributed by atoms with Crippen molar-refractivity contribution >= 4 is 0 Å². The Morgan fingerprint density at radius 3 is 2.90 bits per heavy atom. The molecule has 3 unspecified atom stereocenters. The van der Waals surface area contributed by atoms with Gasteiger partial charge in [-0.25, -0.2) is 4.39 Å². The van der Waals surface area contributed by atoms with Crippen LogP contribution in [0.1, 0.15) is 50.8 Å². The van der Waals surface area contributed by atoms with Crippen molar-refractivity contribution in [3.8, 4) is 0 Å². The lowest BCUT2D eigenvalue weighted by atomic mass is 9.64. The Kier molecular flexibility index (Phi) is 3.59. The Labute approximate surface area is 120 Å². The van der Waals surface area contributed by atoms with Crippen LogP contribution in [0.25, 0.3) is 0 Å². The number of halogens is 1. The van der Waals surface area contributed by atoms with Crippen LogP contribution in [0.3, 0.4) is 0 Å². The molecule has 0 aromatic heterocycles. The molecule has 2 aliphatic carbocycles. The van der Waals surface area contributed by atoms with Crippen molar-refractivity contribution in [3.05, 3.63) is 35.1 Å². The van der Waals surface area contributed by atoms with E-state index in [1.165, 1.54) is 0 Å². The van der Waals surface area contributed by atoms with Crippen molar-refractivity contribution in [2.45, 2.75) is 58.2 Å². The third-order valence-corrected chi connectivity index (χ3v) is 5.16. The molecule has 110 valence electrons. The van der Waals surface area contributed by atoms with Crippen molar-refractivity contribution in [3.63, 3.8) is 0 Å². The molecule has 0 aliphatic heterocycles. The van der Waals surface area contributed by atoms with E-state index in [4.69, 9.17) is 4.74 Å². The number of hydrogen-bond donors (Lipinski definition) is 1. The van der Waals surface area contributed by atoms with Gasteiger partial charge in [0.05, 0.1) is 6.10 Å². The molecule has 0 bridgehead atoms. The first-order valence-corrected chi connectivity index (χ1v) is 7.69. The average Bonchev–Trinajstić information content (AvgIpc) is 2.82. The van der Waals surface area contributed by atoms with Crippen molar-refractivity contribution < 1.29 is 9.13 Å². The maximum absolute atomic E-state index is 13.8. The fourth-order valence-corrected chi connectivity index (χ4v) is 3.68. The van der Waals surface area contributed by atoms with Crippen LogP contribution < -0.4 is 5.32 Å². The summed E-state index contributed by atoms with van der Waals surface area (Å²) in [5.74, 6) is -0.0492. The van der Waals surface area contributed by atoms with Gasteiger partial charge in [0.1, 0.15) is 5.82 Å². The van der Waals surface area contributed by atoms with Gasteiger partial charge in [0.15, 0.2) is 0 Å². The second-order valence-electron chi connectivity index (χ2n) is 6.62. The summed E-state index contributed by atoms with van der Waals surface area (Å²) in [5.41, 5.74) is 2.22. The fraction of sp³-hybridized carbons (Fsp3) is 0.647. The zero-order chi connectivity index (χ0) is 14.3. The van der Waals surface area contributed by atoms with Crippen LogP contribution in [0.4, 0.5) is 4.39 Å². The lowest BCUT2D eigenvalue weighted by Crippen LogP contribution is -2.61. The Morgan fingerprint density at radius 2 is 2.20 bits per heavy atom. The highest BCUT2D eigenvalue weighted by Gasteiger charge is 2.49. The fourth-order valence-electron chi connectivity index (χ4n) is 3.68. The van der Waals surface area contributed by atoms with Gasteiger partial charge in [-0.1, -0.05) is 26.0 Å². The van der Waals surface area contributed by atoms with Gasteiger partial charge < -0.3 is 10.1 Å². The Morgan fingerprint density at radius 1 is 1.40 bits per heavy atom. The van der Waals surface area contributed by atoms with Crippen molar-refractivity contribution in [1.29, 1.82) is 0 Å². The maximum atomic E-state index is 13.8. The number of benzene rings is 1. The van der Waals surface area contributed by atoms with Crippen molar-refractivity contribution in [1.82, 2.24) is 5.32 Å². The molecule has 2 aliphatic rings. The standard InChI is InChI=1S/C17H24FNO/c1-4-20-16-10-15(17(16,2)3)19-14-9-8-11-12(14)6-5-7-13(11)18/h5-7,14-16,19H,4,8-10H2,1-3H3. The van der Waals surface area contributed by atoms with Crippen LogP contribution in [0.15, 0.2) is 18.2 Å². The Bertz CT molecular complexity index is 500. The molecule has 0 heterocycles. The predicted molar refractivity (Wildman–Crippen MR) is 78.2 cm³/mol. The van der Waals surface area contributed by atoms with Gasteiger partial charge in [0, 0.05) is 24.1 Å². The molecule has 20 heavy (non-hydrogen) atoms. The van der Waals surface area contributed by atoms with Gasteiger partial charge in [-0.15, -0.1) is 0 Å². The molecule has 1 aromatic carbocycles. The van der Waals surface area contributed by atoms with Crippen LogP contribution in [0, 0.1) is 11.2 Å². The van der Waals surface area contributed by atoms with Gasteiger partial charge in [0.2, 0.25) is 0 Å². The molecule has 3 atom stereocenters. The highest BCUT2D eigenvalue weighted by atomic mass is 19.1. The summed E-state index contributed by atoms with van der Waals surface area (Å²) in [7, 11) is 0. The summed E-state index contributed by atoms with van der Waals surface area (Å²) in [6, 6.07) is 6.21. The largest absolute Gasteiger partial charge is 0.378 e. The van der Waals surface area contributed by atoms with Gasteiger partial charge in [-0.3, -0.25) is 0 Å². The Hall–Kier alpha value is -0.930. The first-order chi connectivity index (χ1) is 9.54. The summed E-state index contributed by atoms with van der Waals surface area (Å²) in [5, 5.41) is 3.73. The second-order valence-corrected chi connectivity index (χ2v) is 6.62. The highest BCUT2D eigenvalue weighted by molar-refractivity contribution is 5.36. The van der Waals surface area contributed by atoms with E-state index in [2.05, 4.69) is 25.2 Å². The third kappa shape index (κ3) is 2.17. The van der Waals surface area contributed by atoms with Crippen LogP contribution in [-0.2, 0) is 11.2 Å². The molecule has 1 saturated carbocycles. The normalized spacial score (nSPS) is 30.9. The molecule has 0 amide bonds. The lowest BCUT2D eigenvalue weighted by molar-refractivity contribution is -0.116. The smallest absolute Gasteiger partial charge is 0.126 e. The van der Waals surface area contributed by atoms with Gasteiger partial charge >= 0.3 is 0 Å². The van der Waals surface area contributed by atoms with E-state index in [1.807, 2.05) is 13.0 Å². The zero-order valence-electron chi connectivity index (χ0n) is 12.6. The lowest BCUT2D eigenvalue weighted by Gasteiger charge is -2.52. The van der Waals surface area contributed by atoms with Crippen molar-refractivity contribution in [2.24, 2.45) is 5.41 Å². The second kappa shape index (κ2) is 5.12. The summed E-state index contributed by atoms with van der Waals surface area (Å²) >= 11 is 0. The van der Waals surface area contributed by atoms with Crippen LogP contribution in [0.5, 0.6) is 0 Å². The molecule has 0 radical (unpaired) electrons. The van der Waals surface area contributed by atoms with Gasteiger partial charge in [-0.05, 0) is 43.4 Å².